The summed E-state index contributed by atoms with van der Waals surface area (Å²) in [5.74, 6) is 0.515. The van der Waals surface area contributed by atoms with Crippen LogP contribution < -0.4 is 0 Å². The van der Waals surface area contributed by atoms with E-state index in [2.05, 4.69) is 39.2 Å². The van der Waals surface area contributed by atoms with Crippen LogP contribution in [0.3, 0.4) is 0 Å². The van der Waals surface area contributed by atoms with Crippen LogP contribution in [0, 0.1) is 5.92 Å². The van der Waals surface area contributed by atoms with Crippen molar-refractivity contribution in [1.29, 1.82) is 0 Å². The summed E-state index contributed by atoms with van der Waals surface area (Å²) < 4.78 is 0. The normalized spacial score (nSPS) is 13.3. The molecule has 0 fully saturated rings. The van der Waals surface area contributed by atoms with Gasteiger partial charge in [0.15, 0.2) is 0 Å². The summed E-state index contributed by atoms with van der Waals surface area (Å²) in [5.41, 5.74) is 3.67. The van der Waals surface area contributed by atoms with Crippen molar-refractivity contribution in [2.45, 2.75) is 27.7 Å². The van der Waals surface area contributed by atoms with Gasteiger partial charge in [0.05, 0.1) is 0 Å². The summed E-state index contributed by atoms with van der Waals surface area (Å²) in [6, 6.07) is 0. The third-order valence-electron chi connectivity index (χ3n) is 1.98. The van der Waals surface area contributed by atoms with Crippen LogP contribution in [0.5, 0.6) is 0 Å². The number of allylic oxidation sites excluding steroid dienone is 6. The smallest absolute Gasteiger partial charge is 0.0213 e. The Labute approximate surface area is 82.4 Å². The van der Waals surface area contributed by atoms with Gasteiger partial charge in [-0.3, -0.25) is 0 Å². The van der Waals surface area contributed by atoms with Crippen LogP contribution in [-0.4, -0.2) is 0 Å². The lowest BCUT2D eigenvalue weighted by Gasteiger charge is -2.14. The van der Waals surface area contributed by atoms with Crippen molar-refractivity contribution in [1.82, 2.24) is 0 Å². The highest BCUT2D eigenvalue weighted by Gasteiger charge is 2.07. The molecule has 0 heterocycles. The molecule has 0 saturated heterocycles. The molecule has 0 heteroatoms. The predicted octanol–water partition coefficient (Wildman–Crippen LogP) is 4.28. The lowest BCUT2D eigenvalue weighted by Crippen LogP contribution is -1.98. The molecule has 0 N–H and O–H groups in total. The van der Waals surface area contributed by atoms with Gasteiger partial charge in [-0.2, -0.15) is 0 Å². The first-order valence-corrected chi connectivity index (χ1v) is 4.69. The molecule has 0 aromatic rings. The first kappa shape index (κ1) is 12.0. The van der Waals surface area contributed by atoms with Gasteiger partial charge >= 0.3 is 0 Å². The molecule has 0 amide bonds. The molecule has 0 radical (unpaired) electrons. The molecule has 0 atom stereocenters. The average molecular weight is 176 g/mol. The molecule has 0 spiro atoms. The van der Waals surface area contributed by atoms with Gasteiger partial charge in [0.1, 0.15) is 0 Å². The van der Waals surface area contributed by atoms with Gasteiger partial charge < -0.3 is 0 Å². The summed E-state index contributed by atoms with van der Waals surface area (Å²) in [5, 5.41) is 0. The lowest BCUT2D eigenvalue weighted by atomic mass is 9.91. The Kier molecular flexibility index (Phi) is 5.13. The van der Waals surface area contributed by atoms with Gasteiger partial charge in [-0.05, 0) is 30.9 Å². The molecule has 0 rings (SSSR count). The molecule has 0 saturated carbocycles. The molecule has 0 aromatic carbocycles. The van der Waals surface area contributed by atoms with Crippen LogP contribution in [0.1, 0.15) is 27.7 Å². The second kappa shape index (κ2) is 5.58. The zero-order valence-electron chi connectivity index (χ0n) is 9.22. The van der Waals surface area contributed by atoms with Crippen molar-refractivity contribution in [3.63, 3.8) is 0 Å². The minimum absolute atomic E-state index is 0.515. The molecular formula is C13H20. The Morgan fingerprint density at radius 3 is 2.08 bits per heavy atom. The van der Waals surface area contributed by atoms with Crippen molar-refractivity contribution < 1.29 is 0 Å². The third-order valence-corrected chi connectivity index (χ3v) is 1.98. The van der Waals surface area contributed by atoms with Crippen LogP contribution in [0.25, 0.3) is 0 Å². The predicted molar refractivity (Wildman–Crippen MR) is 61.7 cm³/mol. The summed E-state index contributed by atoms with van der Waals surface area (Å²) in [6.45, 7) is 16.1. The Balaban J connectivity index is 5.05. The molecule has 0 aliphatic heterocycles. The first-order chi connectivity index (χ1) is 6.04. The van der Waals surface area contributed by atoms with Gasteiger partial charge in [0, 0.05) is 0 Å². The second-order valence-corrected chi connectivity index (χ2v) is 3.50. The summed E-state index contributed by atoms with van der Waals surface area (Å²) in [6.07, 6.45) is 6.01. The van der Waals surface area contributed by atoms with Gasteiger partial charge in [-0.25, -0.2) is 0 Å². The van der Waals surface area contributed by atoms with Crippen molar-refractivity contribution >= 4 is 0 Å². The van der Waals surface area contributed by atoms with Crippen molar-refractivity contribution in [3.8, 4) is 0 Å². The van der Waals surface area contributed by atoms with E-state index in [4.69, 9.17) is 0 Å². The topological polar surface area (TPSA) is 0 Å². The first-order valence-electron chi connectivity index (χ1n) is 4.69. The SMILES string of the molecule is C=C/C=C(/C(=C\C)C(=C)C)C(C)C. The highest BCUT2D eigenvalue weighted by molar-refractivity contribution is 5.46. The minimum Gasteiger partial charge on any atom is -0.0991 e. The number of rotatable bonds is 4. The maximum absolute atomic E-state index is 3.97. The highest BCUT2D eigenvalue weighted by atomic mass is 14.1. The molecule has 0 unspecified atom stereocenters. The molecular weight excluding hydrogens is 156 g/mol. The maximum Gasteiger partial charge on any atom is -0.0213 e. The summed E-state index contributed by atoms with van der Waals surface area (Å²) in [4.78, 5) is 0. The van der Waals surface area contributed by atoms with Crippen LogP contribution >= 0.6 is 0 Å². The van der Waals surface area contributed by atoms with Crippen molar-refractivity contribution in [2.75, 3.05) is 0 Å². The van der Waals surface area contributed by atoms with Crippen molar-refractivity contribution in [2.24, 2.45) is 5.92 Å². The van der Waals surface area contributed by atoms with E-state index in [1.807, 2.05) is 19.9 Å². The summed E-state index contributed by atoms with van der Waals surface area (Å²) in [7, 11) is 0. The Morgan fingerprint density at radius 1 is 1.31 bits per heavy atom. The molecule has 0 nitrogen and oxygen atoms in total. The van der Waals surface area contributed by atoms with E-state index in [1.165, 1.54) is 11.1 Å². The van der Waals surface area contributed by atoms with E-state index < -0.39 is 0 Å². The summed E-state index contributed by atoms with van der Waals surface area (Å²) >= 11 is 0. The monoisotopic (exact) mass is 176 g/mol. The largest absolute Gasteiger partial charge is 0.0991 e. The van der Waals surface area contributed by atoms with E-state index in [0.29, 0.717) is 5.92 Å². The van der Waals surface area contributed by atoms with E-state index in [1.54, 1.807) is 0 Å². The Morgan fingerprint density at radius 2 is 1.85 bits per heavy atom. The fourth-order valence-corrected chi connectivity index (χ4v) is 1.38. The zero-order chi connectivity index (χ0) is 10.4. The lowest BCUT2D eigenvalue weighted by molar-refractivity contribution is 0.779. The van der Waals surface area contributed by atoms with Crippen LogP contribution in [0.2, 0.25) is 0 Å². The molecule has 72 valence electrons. The molecule has 13 heavy (non-hydrogen) atoms. The molecule has 0 aliphatic carbocycles. The van der Waals surface area contributed by atoms with Gasteiger partial charge in [-0.1, -0.05) is 50.8 Å². The van der Waals surface area contributed by atoms with Gasteiger partial charge in [0.25, 0.3) is 0 Å². The van der Waals surface area contributed by atoms with E-state index in [0.717, 1.165) is 5.57 Å². The highest BCUT2D eigenvalue weighted by Crippen LogP contribution is 2.24. The Bertz CT molecular complexity index is 249. The van der Waals surface area contributed by atoms with Gasteiger partial charge in [0.2, 0.25) is 0 Å². The van der Waals surface area contributed by atoms with E-state index in [9.17, 15) is 0 Å². The molecule has 0 bridgehead atoms. The third kappa shape index (κ3) is 3.45. The van der Waals surface area contributed by atoms with Gasteiger partial charge in [-0.15, -0.1) is 0 Å². The minimum atomic E-state index is 0.515. The van der Waals surface area contributed by atoms with Crippen LogP contribution in [0.15, 0.2) is 48.1 Å². The average Bonchev–Trinajstić information content (AvgIpc) is 2.03. The zero-order valence-corrected chi connectivity index (χ0v) is 9.22. The maximum atomic E-state index is 3.97. The van der Waals surface area contributed by atoms with E-state index >= 15 is 0 Å². The Hall–Kier alpha value is -1.04. The molecule has 0 aromatic heterocycles. The van der Waals surface area contributed by atoms with Crippen LogP contribution in [-0.2, 0) is 0 Å². The number of hydrogen-bond acceptors (Lipinski definition) is 0. The molecule has 0 aliphatic rings. The standard InChI is InChI=1S/C13H20/c1-7-9-13(11(5)6)12(8-2)10(3)4/h7-9,11H,1,3H2,2,4-6H3/b12-8-,13-9+. The van der Waals surface area contributed by atoms with Crippen molar-refractivity contribution in [3.05, 3.63) is 48.1 Å². The van der Waals surface area contributed by atoms with Crippen LogP contribution in [0.4, 0.5) is 0 Å². The number of hydrogen-bond donors (Lipinski definition) is 0. The quantitative estimate of drug-likeness (QED) is 0.561. The van der Waals surface area contributed by atoms with E-state index in [-0.39, 0.29) is 0 Å². The fourth-order valence-electron chi connectivity index (χ4n) is 1.38. The second-order valence-electron chi connectivity index (χ2n) is 3.50. The fraction of sp³-hybridized carbons (Fsp3) is 0.385.